The predicted octanol–water partition coefficient (Wildman–Crippen LogP) is 1.70. The molecule has 0 aliphatic heterocycles. The average molecular weight is 521 g/mol. The Hall–Kier alpha value is -1.66. The molecule has 0 unspecified atom stereocenters. The van der Waals surface area contributed by atoms with Crippen molar-refractivity contribution >= 4 is 33.7 Å². The van der Waals surface area contributed by atoms with Gasteiger partial charge in [-0.05, 0) is 0 Å². The number of hydrogen-bond donors (Lipinski definition) is 0. The van der Waals surface area contributed by atoms with E-state index in [2.05, 4.69) is 98.8 Å². The number of hydrogen-bond acceptors (Lipinski definition) is 0. The minimum absolute atomic E-state index is 0. The molecular formula is C28H22Cl2Zr. The molecule has 4 aromatic carbocycles. The number of benzene rings is 4. The summed E-state index contributed by atoms with van der Waals surface area (Å²) in [6.45, 7) is 4.71. The molecule has 3 heteroatoms. The van der Waals surface area contributed by atoms with Crippen molar-refractivity contribution < 1.29 is 48.0 Å². The molecule has 2 aliphatic rings. The SMILES string of the molecule is CC1=Cc2c(ccc3ccccc23)[C@@H]1[Zr+2][C@H]1C(C)=Cc2c1ccc1ccccc21.[Cl-].[Cl-]. The zero-order chi connectivity index (χ0) is 19.5. The van der Waals surface area contributed by atoms with E-state index in [1.165, 1.54) is 32.7 Å². The second-order valence-electron chi connectivity index (χ2n) is 8.39. The van der Waals surface area contributed by atoms with E-state index < -0.39 is 23.2 Å². The van der Waals surface area contributed by atoms with Crippen LogP contribution in [0.4, 0.5) is 0 Å². The van der Waals surface area contributed by atoms with Gasteiger partial charge in [0.05, 0.1) is 0 Å². The van der Waals surface area contributed by atoms with Crippen molar-refractivity contribution in [3.63, 3.8) is 0 Å². The fraction of sp³-hybridized carbons (Fsp3) is 0.143. The van der Waals surface area contributed by atoms with Crippen LogP contribution < -0.4 is 24.8 Å². The minimum Gasteiger partial charge on any atom is -1.00 e. The standard InChI is InChI=1S/2C14H11.2ClH.Zr/c2*1-10-8-12-7-6-11-4-2-3-5-13(11)14(12)9-10;;;/h2*2-9H,1H3;2*1H;/q;;;;+2/p-2. The van der Waals surface area contributed by atoms with E-state index in [0.717, 1.165) is 0 Å². The van der Waals surface area contributed by atoms with Crippen LogP contribution in [0.3, 0.4) is 0 Å². The topological polar surface area (TPSA) is 0 Å². The average Bonchev–Trinajstić information content (AvgIpc) is 3.25. The normalized spacial score (nSPS) is 18.4. The van der Waals surface area contributed by atoms with Crippen LogP contribution in [0.25, 0.3) is 33.7 Å². The molecule has 0 heterocycles. The number of halogens is 2. The van der Waals surface area contributed by atoms with Crippen LogP contribution in [-0.2, 0) is 23.2 Å². The van der Waals surface area contributed by atoms with Crippen molar-refractivity contribution in [1.82, 2.24) is 0 Å². The van der Waals surface area contributed by atoms with Crippen molar-refractivity contribution in [1.29, 1.82) is 0 Å². The fourth-order valence-corrected chi connectivity index (χ4v) is 9.81. The van der Waals surface area contributed by atoms with Crippen molar-refractivity contribution in [2.24, 2.45) is 0 Å². The van der Waals surface area contributed by atoms with E-state index in [1.807, 2.05) is 0 Å². The van der Waals surface area contributed by atoms with Gasteiger partial charge in [-0.15, -0.1) is 0 Å². The fourth-order valence-electron chi connectivity index (χ4n) is 5.17. The zero-order valence-corrected chi connectivity index (χ0v) is 21.5. The van der Waals surface area contributed by atoms with Crippen LogP contribution in [-0.4, -0.2) is 0 Å². The Kier molecular flexibility index (Phi) is 6.33. The van der Waals surface area contributed by atoms with E-state index in [9.17, 15) is 0 Å². The summed E-state index contributed by atoms with van der Waals surface area (Å²) in [5.74, 6) is 0. The Morgan fingerprint density at radius 2 is 0.968 bits per heavy atom. The smallest absolute Gasteiger partial charge is 1.00 e. The van der Waals surface area contributed by atoms with Gasteiger partial charge in [0, 0.05) is 0 Å². The largest absolute Gasteiger partial charge is 1.00 e. The van der Waals surface area contributed by atoms with Crippen LogP contribution in [0, 0.1) is 0 Å². The third-order valence-corrected chi connectivity index (χ3v) is 12.0. The first-order valence-corrected chi connectivity index (χ1v) is 13.2. The van der Waals surface area contributed by atoms with Crippen LogP contribution in [0.5, 0.6) is 0 Å². The van der Waals surface area contributed by atoms with Crippen LogP contribution in [0.2, 0.25) is 0 Å². The van der Waals surface area contributed by atoms with Crippen LogP contribution in [0.1, 0.15) is 43.4 Å². The number of fused-ring (bicyclic) bond motifs is 6. The first-order chi connectivity index (χ1) is 14.2. The molecule has 31 heavy (non-hydrogen) atoms. The van der Waals surface area contributed by atoms with E-state index in [4.69, 9.17) is 0 Å². The van der Waals surface area contributed by atoms with Gasteiger partial charge in [0.2, 0.25) is 0 Å². The molecule has 0 saturated heterocycles. The third-order valence-electron chi connectivity index (χ3n) is 6.62. The molecule has 0 saturated carbocycles. The Morgan fingerprint density at radius 1 is 0.548 bits per heavy atom. The second-order valence-corrected chi connectivity index (χ2v) is 12.0. The van der Waals surface area contributed by atoms with E-state index in [1.54, 1.807) is 22.3 Å². The number of rotatable bonds is 2. The summed E-state index contributed by atoms with van der Waals surface area (Å²) in [5.41, 5.74) is 9.26. The molecule has 0 nitrogen and oxygen atoms in total. The molecule has 152 valence electrons. The van der Waals surface area contributed by atoms with Crippen molar-refractivity contribution in [3.8, 4) is 0 Å². The molecule has 0 fully saturated rings. The molecule has 0 amide bonds. The molecule has 0 N–H and O–H groups in total. The van der Waals surface area contributed by atoms with Crippen LogP contribution in [0.15, 0.2) is 83.9 Å². The van der Waals surface area contributed by atoms with Gasteiger partial charge in [-0.2, -0.15) is 0 Å². The first kappa shape index (κ1) is 22.5. The van der Waals surface area contributed by atoms with E-state index in [-0.39, 0.29) is 24.8 Å². The van der Waals surface area contributed by atoms with Gasteiger partial charge in [-0.1, -0.05) is 0 Å². The Balaban J connectivity index is 0.00000116. The van der Waals surface area contributed by atoms with Gasteiger partial charge in [-0.25, -0.2) is 0 Å². The molecule has 2 aliphatic carbocycles. The Morgan fingerprint density at radius 3 is 1.42 bits per heavy atom. The second kappa shape index (κ2) is 8.70. The Bertz CT molecular complexity index is 1260. The molecule has 4 aromatic rings. The maximum absolute atomic E-state index is 2.47. The molecular weight excluding hydrogens is 498 g/mol. The summed E-state index contributed by atoms with van der Waals surface area (Å²) in [7, 11) is 0. The summed E-state index contributed by atoms with van der Waals surface area (Å²) < 4.78 is 1.34. The van der Waals surface area contributed by atoms with Crippen molar-refractivity contribution in [2.75, 3.05) is 0 Å². The van der Waals surface area contributed by atoms with Gasteiger partial charge in [0.25, 0.3) is 0 Å². The summed E-state index contributed by atoms with van der Waals surface area (Å²) in [5, 5.41) is 5.54. The summed E-state index contributed by atoms with van der Waals surface area (Å²) in [6, 6.07) is 27.1. The minimum atomic E-state index is -0.769. The maximum atomic E-state index is 2.47. The van der Waals surface area contributed by atoms with Crippen LogP contribution >= 0.6 is 0 Å². The summed E-state index contributed by atoms with van der Waals surface area (Å²) >= 11 is -0.769. The van der Waals surface area contributed by atoms with Gasteiger partial charge in [0.15, 0.2) is 0 Å². The van der Waals surface area contributed by atoms with Crippen molar-refractivity contribution in [2.45, 2.75) is 21.1 Å². The molecule has 0 radical (unpaired) electrons. The van der Waals surface area contributed by atoms with Gasteiger partial charge in [-0.3, -0.25) is 0 Å². The summed E-state index contributed by atoms with van der Waals surface area (Å²) in [4.78, 5) is 0. The maximum Gasteiger partial charge on any atom is -1.00 e. The molecule has 0 spiro atoms. The molecule has 0 aromatic heterocycles. The first-order valence-electron chi connectivity index (χ1n) is 10.4. The molecule has 0 bridgehead atoms. The van der Waals surface area contributed by atoms with E-state index >= 15 is 0 Å². The zero-order valence-electron chi connectivity index (χ0n) is 17.5. The van der Waals surface area contributed by atoms with Gasteiger partial charge < -0.3 is 24.8 Å². The van der Waals surface area contributed by atoms with E-state index in [0.29, 0.717) is 7.25 Å². The number of allylic oxidation sites excluding steroid dienone is 2. The molecule has 2 atom stereocenters. The van der Waals surface area contributed by atoms with Gasteiger partial charge >= 0.3 is 184 Å². The Labute approximate surface area is 207 Å². The molecule has 6 rings (SSSR count). The quantitative estimate of drug-likeness (QED) is 0.378. The van der Waals surface area contributed by atoms with Gasteiger partial charge in [0.1, 0.15) is 0 Å². The predicted molar refractivity (Wildman–Crippen MR) is 121 cm³/mol. The van der Waals surface area contributed by atoms with Crippen molar-refractivity contribution in [3.05, 3.63) is 106 Å². The third kappa shape index (κ3) is 3.56. The summed E-state index contributed by atoms with van der Waals surface area (Å²) in [6.07, 6.45) is 4.94. The monoisotopic (exact) mass is 518 g/mol.